The number of fused-ring (bicyclic) bond motifs is 1. The number of benzene rings is 1. The Bertz CT molecular complexity index is 690. The maximum atomic E-state index is 12.3. The van der Waals surface area contributed by atoms with Crippen molar-refractivity contribution in [3.8, 4) is 17.4 Å². The summed E-state index contributed by atoms with van der Waals surface area (Å²) in [4.78, 5) is 16.4. The van der Waals surface area contributed by atoms with E-state index >= 15 is 0 Å². The van der Waals surface area contributed by atoms with Crippen LogP contribution in [-0.2, 0) is 11.3 Å². The number of amides is 1. The van der Waals surface area contributed by atoms with Gasteiger partial charge in [-0.15, -0.1) is 0 Å². The fraction of sp³-hybridized carbons (Fsp3) is 0.294. The van der Waals surface area contributed by atoms with E-state index < -0.39 is 6.10 Å². The third-order valence-electron chi connectivity index (χ3n) is 3.39. The van der Waals surface area contributed by atoms with Gasteiger partial charge in [-0.1, -0.05) is 18.2 Å². The molecule has 1 aromatic heterocycles. The van der Waals surface area contributed by atoms with Crippen LogP contribution in [-0.4, -0.2) is 30.2 Å². The second kappa shape index (κ2) is 7.00. The molecule has 2 heterocycles. The van der Waals surface area contributed by atoms with Crippen molar-refractivity contribution in [1.82, 2.24) is 10.3 Å². The summed E-state index contributed by atoms with van der Waals surface area (Å²) in [5.41, 5.74) is 0.819. The smallest absolute Gasteiger partial charge is 0.264 e. The van der Waals surface area contributed by atoms with Crippen LogP contribution in [0.15, 0.2) is 42.6 Å². The standard InChI is InChI=1S/C17H18N2O4/c1-2-21-17-12(6-5-9-18-17)10-19-16(20)15-11-22-13-7-3-4-8-14(13)23-15/h3-9,15H,2,10-11H2,1H3,(H,19,20). The molecule has 120 valence electrons. The van der Waals surface area contributed by atoms with Gasteiger partial charge in [-0.2, -0.15) is 0 Å². The van der Waals surface area contributed by atoms with E-state index in [2.05, 4.69) is 10.3 Å². The topological polar surface area (TPSA) is 69.7 Å². The molecule has 1 N–H and O–H groups in total. The van der Waals surface area contributed by atoms with Gasteiger partial charge in [-0.05, 0) is 25.1 Å². The summed E-state index contributed by atoms with van der Waals surface area (Å²) in [6.07, 6.45) is 0.989. The molecule has 1 atom stereocenters. The number of nitrogens with one attached hydrogen (secondary N) is 1. The fourth-order valence-corrected chi connectivity index (χ4v) is 2.27. The van der Waals surface area contributed by atoms with E-state index in [0.29, 0.717) is 30.5 Å². The summed E-state index contributed by atoms with van der Waals surface area (Å²) >= 11 is 0. The quantitative estimate of drug-likeness (QED) is 0.913. The molecular formula is C17H18N2O4. The minimum absolute atomic E-state index is 0.189. The second-order valence-corrected chi connectivity index (χ2v) is 4.98. The Labute approximate surface area is 134 Å². The highest BCUT2D eigenvalue weighted by Crippen LogP contribution is 2.30. The molecule has 0 aliphatic carbocycles. The van der Waals surface area contributed by atoms with Gasteiger partial charge in [-0.3, -0.25) is 4.79 Å². The number of nitrogens with zero attached hydrogens (tertiary/aromatic N) is 1. The molecule has 0 bridgehead atoms. The highest BCUT2D eigenvalue weighted by atomic mass is 16.6. The molecule has 3 rings (SSSR count). The SMILES string of the molecule is CCOc1ncccc1CNC(=O)C1COc2ccccc2O1. The number of hydrogen-bond donors (Lipinski definition) is 1. The summed E-state index contributed by atoms with van der Waals surface area (Å²) in [6, 6.07) is 11.0. The van der Waals surface area contributed by atoms with Gasteiger partial charge in [-0.25, -0.2) is 4.98 Å². The largest absolute Gasteiger partial charge is 0.485 e. The van der Waals surface area contributed by atoms with Crippen LogP contribution in [0.5, 0.6) is 17.4 Å². The van der Waals surface area contributed by atoms with Crippen LogP contribution in [0.2, 0.25) is 0 Å². The Kier molecular flexibility index (Phi) is 4.61. The number of rotatable bonds is 5. The lowest BCUT2D eigenvalue weighted by molar-refractivity contribution is -0.130. The third-order valence-corrected chi connectivity index (χ3v) is 3.39. The number of hydrogen-bond acceptors (Lipinski definition) is 5. The maximum absolute atomic E-state index is 12.3. The first-order valence-corrected chi connectivity index (χ1v) is 7.51. The Morgan fingerprint density at radius 2 is 2.13 bits per heavy atom. The number of aromatic nitrogens is 1. The van der Waals surface area contributed by atoms with E-state index in [4.69, 9.17) is 14.2 Å². The van der Waals surface area contributed by atoms with Crippen LogP contribution in [0.25, 0.3) is 0 Å². The first-order valence-electron chi connectivity index (χ1n) is 7.51. The lowest BCUT2D eigenvalue weighted by atomic mass is 10.2. The average molecular weight is 314 g/mol. The number of carbonyl (C=O) groups excluding carboxylic acids is 1. The van der Waals surface area contributed by atoms with Crippen molar-refractivity contribution in [3.63, 3.8) is 0 Å². The van der Waals surface area contributed by atoms with Crippen molar-refractivity contribution in [2.24, 2.45) is 0 Å². The van der Waals surface area contributed by atoms with Crippen molar-refractivity contribution in [3.05, 3.63) is 48.2 Å². The molecule has 1 aliphatic rings. The number of ether oxygens (including phenoxy) is 3. The highest BCUT2D eigenvalue weighted by molar-refractivity contribution is 5.81. The van der Waals surface area contributed by atoms with Crippen LogP contribution in [0.1, 0.15) is 12.5 Å². The van der Waals surface area contributed by atoms with E-state index in [1.54, 1.807) is 18.3 Å². The van der Waals surface area contributed by atoms with Crippen molar-refractivity contribution in [1.29, 1.82) is 0 Å². The van der Waals surface area contributed by atoms with Crippen molar-refractivity contribution >= 4 is 5.91 Å². The molecule has 1 aliphatic heterocycles. The summed E-state index contributed by atoms with van der Waals surface area (Å²) in [6.45, 7) is 2.92. The van der Waals surface area contributed by atoms with Crippen molar-refractivity contribution in [2.75, 3.05) is 13.2 Å². The lowest BCUT2D eigenvalue weighted by Gasteiger charge is -2.25. The van der Waals surface area contributed by atoms with Crippen LogP contribution >= 0.6 is 0 Å². The van der Waals surface area contributed by atoms with E-state index in [9.17, 15) is 4.79 Å². The van der Waals surface area contributed by atoms with Crippen molar-refractivity contribution < 1.29 is 19.0 Å². The van der Waals surface area contributed by atoms with Gasteiger partial charge >= 0.3 is 0 Å². The van der Waals surface area contributed by atoms with Crippen LogP contribution in [0.4, 0.5) is 0 Å². The van der Waals surface area contributed by atoms with Gasteiger partial charge in [0.25, 0.3) is 5.91 Å². The predicted molar refractivity (Wildman–Crippen MR) is 83.6 cm³/mol. The third kappa shape index (κ3) is 3.53. The van der Waals surface area contributed by atoms with E-state index in [1.807, 2.05) is 31.2 Å². The molecule has 1 amide bonds. The first kappa shape index (κ1) is 15.1. The van der Waals surface area contributed by atoms with Gasteiger partial charge in [0.15, 0.2) is 11.5 Å². The zero-order valence-electron chi connectivity index (χ0n) is 12.8. The Morgan fingerprint density at radius 3 is 2.96 bits per heavy atom. The molecule has 0 saturated carbocycles. The second-order valence-electron chi connectivity index (χ2n) is 4.98. The van der Waals surface area contributed by atoms with Gasteiger partial charge in [0, 0.05) is 18.3 Å². The Balaban J connectivity index is 1.60. The van der Waals surface area contributed by atoms with E-state index in [1.165, 1.54) is 0 Å². The minimum Gasteiger partial charge on any atom is -0.485 e. The van der Waals surface area contributed by atoms with Gasteiger partial charge in [0.2, 0.25) is 12.0 Å². The summed E-state index contributed by atoms with van der Waals surface area (Å²) in [7, 11) is 0. The Morgan fingerprint density at radius 1 is 1.30 bits per heavy atom. The molecule has 0 spiro atoms. The van der Waals surface area contributed by atoms with Gasteiger partial charge in [0.1, 0.15) is 6.61 Å². The Hall–Kier alpha value is -2.76. The monoisotopic (exact) mass is 314 g/mol. The van der Waals surface area contributed by atoms with E-state index in [-0.39, 0.29) is 12.5 Å². The molecule has 0 radical (unpaired) electrons. The molecule has 0 fully saturated rings. The summed E-state index contributed by atoms with van der Waals surface area (Å²) in [5.74, 6) is 1.53. The van der Waals surface area contributed by atoms with Gasteiger partial charge < -0.3 is 19.5 Å². The number of para-hydroxylation sites is 2. The summed E-state index contributed by atoms with van der Waals surface area (Å²) < 4.78 is 16.7. The highest BCUT2D eigenvalue weighted by Gasteiger charge is 2.27. The van der Waals surface area contributed by atoms with Crippen LogP contribution in [0, 0.1) is 0 Å². The molecule has 6 heteroatoms. The summed E-state index contributed by atoms with van der Waals surface area (Å²) in [5, 5.41) is 2.83. The molecular weight excluding hydrogens is 296 g/mol. The molecule has 6 nitrogen and oxygen atoms in total. The molecule has 1 aromatic carbocycles. The molecule has 0 saturated heterocycles. The van der Waals surface area contributed by atoms with Crippen LogP contribution < -0.4 is 19.5 Å². The molecule has 23 heavy (non-hydrogen) atoms. The molecule has 2 aromatic rings. The molecule has 1 unspecified atom stereocenters. The number of pyridine rings is 1. The zero-order valence-corrected chi connectivity index (χ0v) is 12.8. The van der Waals surface area contributed by atoms with Crippen LogP contribution in [0.3, 0.4) is 0 Å². The minimum atomic E-state index is -0.669. The first-order chi connectivity index (χ1) is 11.3. The lowest BCUT2D eigenvalue weighted by Crippen LogP contribution is -2.43. The van der Waals surface area contributed by atoms with Gasteiger partial charge in [0.05, 0.1) is 6.61 Å². The van der Waals surface area contributed by atoms with Crippen molar-refractivity contribution in [2.45, 2.75) is 19.6 Å². The average Bonchev–Trinajstić information content (AvgIpc) is 2.60. The fourth-order valence-electron chi connectivity index (χ4n) is 2.27. The number of carbonyl (C=O) groups is 1. The maximum Gasteiger partial charge on any atom is 0.264 e. The predicted octanol–water partition coefficient (Wildman–Crippen LogP) is 1.94. The zero-order chi connectivity index (χ0) is 16.1. The normalized spacial score (nSPS) is 15.8. The van der Waals surface area contributed by atoms with E-state index in [0.717, 1.165) is 5.56 Å².